The number of aldehydes is 1. The number of carbonyl (C=O) groups excluding carboxylic acids is 1. The van der Waals surface area contributed by atoms with Gasteiger partial charge in [0.25, 0.3) is 0 Å². The second-order valence-electron chi connectivity index (χ2n) is 16.8. The number of nitrogens with zero attached hydrogens (tertiary/aromatic N) is 17. The molecule has 2 N–H and O–H groups in total. The molecule has 7 aromatic heterocycles. The molecule has 0 aliphatic carbocycles. The van der Waals surface area contributed by atoms with E-state index < -0.39 is 7.12 Å². The van der Waals surface area contributed by atoms with Crippen LogP contribution in [0.2, 0.25) is 6.82 Å². The van der Waals surface area contributed by atoms with Crippen LogP contribution in [-0.4, -0.2) is 112 Å². The standard InChI is InChI=1S/C8H14N2.C7H11BrN2.C7H9BrN2.C5H5BrN2O.C4H2Br3N.3C4H5BrN2.C4H4BrN.C4H5N.CH5BO2.CH3I.CH4.Br2/c1-4-5-8-9-7(2)6-10(8)3;2*1-3-4-7-9-6(8)5-10(7)2;1-8-2-4(6)7-5(8)3-9;5-2-1-3(6)8-4(2)7;2*1-7-2-4(5)6-3-7;1-7-3-6-2-4(7)5;5-4-1-2-6-3-4;1-2-4-5-3-1;1-2(3)4;1-2;;1-2/h6H,4-5H2,1-3H3;5H,3-4H2,1-2H3;3-5H,1-2H3;2-3H,1H3;1H2;3*2-3H,1H3;2-3H,1H2;1,3-4H,2H2;3-4H,1H3;1H3;1H4;. The smallest absolute Gasteiger partial charge is 0.427 e. The molecule has 0 amide bonds. The number of carbonyl (C=O) groups is 1. The van der Waals surface area contributed by atoms with Crippen LogP contribution in [0.1, 0.15) is 94.1 Å². The van der Waals surface area contributed by atoms with Crippen LogP contribution in [0.25, 0.3) is 6.08 Å². The summed E-state index contributed by atoms with van der Waals surface area (Å²) in [6.07, 6.45) is 39.8. The second-order valence-corrected chi connectivity index (χ2v) is 25.3. The molecule has 10 heterocycles. The largest absolute Gasteiger partial charge is 0.448 e. The number of aryl methyl sites for hydroxylation is 10. The molecule has 0 atom stereocenters. The first-order chi connectivity index (χ1) is 41.1. The van der Waals surface area contributed by atoms with Crippen LogP contribution >= 0.6 is 210 Å². The van der Waals surface area contributed by atoms with E-state index in [9.17, 15) is 4.79 Å². The van der Waals surface area contributed by atoms with Gasteiger partial charge >= 0.3 is 7.12 Å². The van der Waals surface area contributed by atoms with Crippen molar-refractivity contribution in [2.75, 3.05) is 4.93 Å². The third kappa shape index (κ3) is 49.2. The van der Waals surface area contributed by atoms with E-state index in [4.69, 9.17) is 10.0 Å². The van der Waals surface area contributed by atoms with E-state index in [-0.39, 0.29) is 7.43 Å². The van der Waals surface area contributed by atoms with E-state index >= 15 is 0 Å². The molecule has 3 aliphatic rings. The predicted octanol–water partition coefficient (Wildman–Crippen LogP) is 18.9. The number of hydrogen-bond acceptors (Lipinski definition) is 13. The minimum Gasteiger partial charge on any atom is -0.427 e. The Bertz CT molecular complexity index is 3010. The van der Waals surface area contributed by atoms with Crippen molar-refractivity contribution >= 4 is 247 Å². The van der Waals surface area contributed by atoms with Gasteiger partial charge in [-0.3, -0.25) is 14.8 Å². The van der Waals surface area contributed by atoms with Gasteiger partial charge in [0.2, 0.25) is 0 Å². The SMILES string of the molecule is BrBr.BrC1=CN=CC1.BrC1=NC(Br)=C(Br)C1.C.C1=CN=CC1.CB(O)O.CC=Cc1nc(Br)cn1C.CCCc1nc(Br)cn1C.CCCc1nc(C)cn1C.CI.Cn1cc(Br)nc1C=O.Cn1cnc(Br)c1.Cn1cnc(Br)c1.Cn1cncc1Br. The molecule has 0 radical (unpaired) electrons. The van der Waals surface area contributed by atoms with Crippen LogP contribution in [0.3, 0.4) is 0 Å². The number of alkyl halides is 1. The summed E-state index contributed by atoms with van der Waals surface area (Å²) in [5, 5.41) is 15.2. The van der Waals surface area contributed by atoms with Crippen molar-refractivity contribution in [2.45, 2.75) is 86.9 Å². The minimum atomic E-state index is -1.17. The van der Waals surface area contributed by atoms with E-state index in [1.165, 1.54) is 23.6 Å². The quantitative estimate of drug-likeness (QED) is 0.0527. The molecule has 0 saturated heterocycles. The van der Waals surface area contributed by atoms with Gasteiger partial charge in [0.05, 0.1) is 35.5 Å². The topological polar surface area (TPSA) is 219 Å². The molecule has 0 aromatic carbocycles. The fourth-order valence-corrected chi connectivity index (χ4v) is 10.1. The van der Waals surface area contributed by atoms with E-state index in [1.807, 2.05) is 139 Å². The number of rotatable bonds is 6. The predicted molar refractivity (Wildman–Crippen MR) is 420 cm³/mol. The third-order valence-electron chi connectivity index (χ3n) is 9.16. The Hall–Kier alpha value is -1.42. The number of imidazole rings is 7. The second kappa shape index (κ2) is 58.2. The number of aliphatic imine (C=N–C) groups is 3. The van der Waals surface area contributed by atoms with Gasteiger partial charge in [-0.15, -0.1) is 0 Å². The van der Waals surface area contributed by atoms with Gasteiger partial charge < -0.3 is 42.0 Å². The molecule has 7 aromatic rings. The van der Waals surface area contributed by atoms with Crippen LogP contribution in [0.15, 0.2) is 143 Å². The molecule has 0 bridgehead atoms. The molecule has 20 nitrogen and oxygen atoms in total. The maximum Gasteiger partial charge on any atom is 0.448 e. The van der Waals surface area contributed by atoms with E-state index in [0.717, 1.165) is 92.6 Å². The highest BCUT2D eigenvalue weighted by molar-refractivity contribution is 14.1. The van der Waals surface area contributed by atoms with E-state index in [0.29, 0.717) is 16.7 Å². The molecule has 10 rings (SSSR count). The third-order valence-corrected chi connectivity index (χ3v) is 14.7. The molecule has 490 valence electrons. The van der Waals surface area contributed by atoms with Crippen molar-refractivity contribution in [3.05, 3.63) is 157 Å². The molecule has 0 saturated carbocycles. The van der Waals surface area contributed by atoms with Gasteiger partial charge in [-0.2, -0.15) is 0 Å². The van der Waals surface area contributed by atoms with Gasteiger partial charge in [0, 0.05) is 181 Å². The van der Waals surface area contributed by atoms with Gasteiger partial charge in [0.1, 0.15) is 49.7 Å². The summed E-state index contributed by atoms with van der Waals surface area (Å²) < 4.78 is 22.8. The van der Waals surface area contributed by atoms with Crippen molar-refractivity contribution < 1.29 is 14.8 Å². The average Bonchev–Trinajstić information content (AvgIpc) is 4.52. The summed E-state index contributed by atoms with van der Waals surface area (Å²) in [5.74, 6) is 3.74. The molecular weight excluding hydrogens is 2030 g/mol. The zero-order chi connectivity index (χ0) is 67.0. The van der Waals surface area contributed by atoms with Gasteiger partial charge in [0.15, 0.2) is 12.1 Å². The van der Waals surface area contributed by atoms with Crippen molar-refractivity contribution in [1.82, 2.24) is 66.9 Å². The minimum absolute atomic E-state index is 0. The highest BCUT2D eigenvalue weighted by atomic mass is 127. The highest BCUT2D eigenvalue weighted by Gasteiger charge is 2.10. The fraction of sp³-hybridized carbons (Fsp3) is 0.389. The molecular formula is C54H77BBr12IN17O3. The van der Waals surface area contributed by atoms with Crippen molar-refractivity contribution in [3.63, 3.8) is 0 Å². The van der Waals surface area contributed by atoms with E-state index in [1.54, 1.807) is 55.4 Å². The Labute approximate surface area is 633 Å². The Morgan fingerprint density at radius 3 is 1.31 bits per heavy atom. The normalized spacial score (nSPS) is 11.3. The average molecular weight is 2110 g/mol. The summed E-state index contributed by atoms with van der Waals surface area (Å²) in [4.78, 5) is 52.1. The number of hydrogen-bond donors (Lipinski definition) is 2. The first kappa shape index (κ1) is 93.0. The van der Waals surface area contributed by atoms with Crippen LogP contribution in [-0.2, 0) is 62.2 Å². The molecule has 0 spiro atoms. The van der Waals surface area contributed by atoms with Crippen LogP contribution in [0.5, 0.6) is 0 Å². The molecule has 0 fully saturated rings. The first-order valence-electron chi connectivity index (χ1n) is 25.3. The zero-order valence-electron chi connectivity index (χ0n) is 50.2. The fourth-order valence-electron chi connectivity index (χ4n) is 5.48. The zero-order valence-corrected chi connectivity index (χ0v) is 71.4. The Balaban J connectivity index is -0.000000441. The molecule has 3 aliphatic heterocycles. The lowest BCUT2D eigenvalue weighted by Gasteiger charge is -1.95. The highest BCUT2D eigenvalue weighted by Crippen LogP contribution is 2.30. The molecule has 0 unspecified atom stereocenters. The monoisotopic (exact) mass is 2100 g/mol. The summed E-state index contributed by atoms with van der Waals surface area (Å²) in [6, 6.07) is 0. The summed E-state index contributed by atoms with van der Waals surface area (Å²) >= 11 is 40.2. The number of aromatic nitrogens is 14. The van der Waals surface area contributed by atoms with Crippen molar-refractivity contribution in [1.29, 1.82) is 0 Å². The lowest BCUT2D eigenvalue weighted by Crippen LogP contribution is -2.00. The maximum absolute atomic E-state index is 10.1. The first-order valence-corrected chi connectivity index (χ1v) is 39.2. The summed E-state index contributed by atoms with van der Waals surface area (Å²) in [5.41, 5.74) is 1.12. The van der Waals surface area contributed by atoms with Crippen molar-refractivity contribution in [3.8, 4) is 0 Å². The van der Waals surface area contributed by atoms with Gasteiger partial charge in [-0.25, -0.2) is 39.9 Å². The Kier molecular flexibility index (Phi) is 61.5. The number of allylic oxidation sites excluding steroid dienone is 4. The lowest BCUT2D eigenvalue weighted by molar-refractivity contribution is 0.111. The Morgan fingerprint density at radius 1 is 0.636 bits per heavy atom. The summed E-state index contributed by atoms with van der Waals surface area (Å²) in [6.45, 7) is 9.61. The van der Waals surface area contributed by atoms with Crippen LogP contribution in [0, 0.1) is 6.92 Å². The Morgan fingerprint density at radius 2 is 1.11 bits per heavy atom. The lowest BCUT2D eigenvalue weighted by atomic mass is 9.99. The molecule has 88 heavy (non-hydrogen) atoms. The van der Waals surface area contributed by atoms with E-state index in [2.05, 4.69) is 285 Å². The molecule has 34 heteroatoms. The van der Waals surface area contributed by atoms with Gasteiger partial charge in [-0.1, -0.05) is 87.9 Å². The van der Waals surface area contributed by atoms with Gasteiger partial charge in [-0.05, 0) is 172 Å². The van der Waals surface area contributed by atoms with Crippen LogP contribution in [0.4, 0.5) is 0 Å². The maximum atomic E-state index is 10.1. The number of halogens is 13. The van der Waals surface area contributed by atoms with Crippen LogP contribution < -0.4 is 0 Å². The van der Waals surface area contributed by atoms with Crippen molar-refractivity contribution in [2.24, 2.45) is 64.3 Å². The summed E-state index contributed by atoms with van der Waals surface area (Å²) in [7, 11) is 12.4.